The van der Waals surface area contributed by atoms with Crippen LogP contribution >= 0.6 is 0 Å². The maximum atomic E-state index is 12.1. The lowest BCUT2D eigenvalue weighted by Gasteiger charge is -2.28. The van der Waals surface area contributed by atoms with E-state index in [0.29, 0.717) is 25.7 Å². The van der Waals surface area contributed by atoms with Crippen LogP contribution in [0.4, 0.5) is 0 Å². The van der Waals surface area contributed by atoms with Crippen LogP contribution in [-0.2, 0) is 19.2 Å². The van der Waals surface area contributed by atoms with Crippen molar-refractivity contribution in [2.45, 2.75) is 32.1 Å². The van der Waals surface area contributed by atoms with Gasteiger partial charge in [-0.1, -0.05) is 19.3 Å². The lowest BCUT2D eigenvalue weighted by Crippen LogP contribution is -2.43. The van der Waals surface area contributed by atoms with E-state index in [2.05, 4.69) is 0 Å². The number of aliphatic carboxylic acids is 1. The Morgan fingerprint density at radius 1 is 1.05 bits per heavy atom. The molecule has 2 unspecified atom stereocenters. The van der Waals surface area contributed by atoms with E-state index in [9.17, 15) is 24.3 Å². The summed E-state index contributed by atoms with van der Waals surface area (Å²) >= 11 is 0. The van der Waals surface area contributed by atoms with Crippen LogP contribution in [0.1, 0.15) is 32.1 Å². The first-order valence-electron chi connectivity index (χ1n) is 6.29. The molecule has 3 rings (SSSR count). The fraction of sp³-hybridized carbons (Fsp3) is 0.667. The topological polar surface area (TPSA) is 127 Å². The molecule has 0 aromatic heterocycles. The van der Waals surface area contributed by atoms with Crippen molar-refractivity contribution in [3.63, 3.8) is 0 Å². The zero-order chi connectivity index (χ0) is 14.1. The lowest BCUT2D eigenvalue weighted by molar-refractivity contribution is -0.152. The standard InChI is InChI=1S/C12H14N2O5/c13-6(15)11-7(16)14-8(17)12(11,9(18)19)10(11)4-2-1-3-5-10/h1-5H2,(H2,13,15)(H,18,19)(H,14,16,17). The van der Waals surface area contributed by atoms with Crippen molar-refractivity contribution < 1.29 is 24.3 Å². The molecule has 3 amide bonds. The number of hydrogen-bond donors (Lipinski definition) is 3. The summed E-state index contributed by atoms with van der Waals surface area (Å²) < 4.78 is 0. The van der Waals surface area contributed by atoms with E-state index in [1.54, 1.807) is 0 Å². The molecule has 2 saturated carbocycles. The zero-order valence-electron chi connectivity index (χ0n) is 10.2. The number of piperidine rings is 1. The van der Waals surface area contributed by atoms with Gasteiger partial charge in [0.2, 0.25) is 17.7 Å². The van der Waals surface area contributed by atoms with Crippen LogP contribution in [0.2, 0.25) is 0 Å². The van der Waals surface area contributed by atoms with Crippen molar-refractivity contribution in [1.29, 1.82) is 0 Å². The first-order valence-corrected chi connectivity index (χ1v) is 6.29. The number of nitrogens with two attached hydrogens (primary N) is 1. The summed E-state index contributed by atoms with van der Waals surface area (Å²) in [6.07, 6.45) is 3.06. The van der Waals surface area contributed by atoms with Crippen LogP contribution in [0.5, 0.6) is 0 Å². The van der Waals surface area contributed by atoms with Gasteiger partial charge in [-0.3, -0.25) is 24.5 Å². The van der Waals surface area contributed by atoms with E-state index in [1.165, 1.54) is 0 Å². The van der Waals surface area contributed by atoms with Gasteiger partial charge in [0.25, 0.3) is 0 Å². The maximum absolute atomic E-state index is 12.1. The molecule has 4 N–H and O–H groups in total. The van der Waals surface area contributed by atoms with Gasteiger partial charge >= 0.3 is 5.97 Å². The summed E-state index contributed by atoms with van der Waals surface area (Å²) in [5.74, 6) is -4.14. The van der Waals surface area contributed by atoms with Gasteiger partial charge < -0.3 is 10.8 Å². The van der Waals surface area contributed by atoms with E-state index in [4.69, 9.17) is 5.73 Å². The molecule has 1 heterocycles. The van der Waals surface area contributed by atoms with Crippen molar-refractivity contribution >= 4 is 23.7 Å². The van der Waals surface area contributed by atoms with Gasteiger partial charge in [-0.2, -0.15) is 0 Å². The fourth-order valence-corrected chi connectivity index (χ4v) is 4.66. The second-order valence-electron chi connectivity index (χ2n) is 5.60. The Balaban J connectivity index is 2.26. The van der Waals surface area contributed by atoms with Gasteiger partial charge in [0.1, 0.15) is 0 Å². The smallest absolute Gasteiger partial charge is 0.321 e. The highest BCUT2D eigenvalue weighted by Crippen LogP contribution is 2.84. The second kappa shape index (κ2) is 3.15. The predicted molar refractivity (Wildman–Crippen MR) is 60.4 cm³/mol. The van der Waals surface area contributed by atoms with Crippen molar-refractivity contribution in [2.24, 2.45) is 22.0 Å². The minimum absolute atomic E-state index is 0.376. The van der Waals surface area contributed by atoms with Crippen LogP contribution in [0.3, 0.4) is 0 Å². The number of imide groups is 1. The lowest BCUT2D eigenvalue weighted by atomic mass is 9.76. The van der Waals surface area contributed by atoms with E-state index in [0.717, 1.165) is 6.42 Å². The van der Waals surface area contributed by atoms with Crippen LogP contribution < -0.4 is 11.1 Å². The Labute approximate surface area is 108 Å². The maximum Gasteiger partial charge on any atom is 0.321 e. The highest BCUT2D eigenvalue weighted by atomic mass is 16.4. The molecule has 102 valence electrons. The highest BCUT2D eigenvalue weighted by molar-refractivity contribution is 6.33. The third kappa shape index (κ3) is 0.854. The largest absolute Gasteiger partial charge is 0.480 e. The number of fused-ring (bicyclic) bond motifs is 3. The number of carbonyl (C=O) groups excluding carboxylic acids is 3. The van der Waals surface area contributed by atoms with Gasteiger partial charge in [-0.05, 0) is 12.8 Å². The third-order valence-electron chi connectivity index (χ3n) is 5.24. The molecule has 2 aliphatic carbocycles. The second-order valence-corrected chi connectivity index (χ2v) is 5.60. The van der Waals surface area contributed by atoms with Crippen molar-refractivity contribution in [2.75, 3.05) is 0 Å². The summed E-state index contributed by atoms with van der Waals surface area (Å²) in [4.78, 5) is 47.7. The number of carboxylic acids is 1. The molecule has 0 aromatic carbocycles. The molecule has 0 radical (unpaired) electrons. The molecular formula is C12H14N2O5. The Morgan fingerprint density at radius 3 is 2.00 bits per heavy atom. The van der Waals surface area contributed by atoms with Gasteiger partial charge in [-0.25, -0.2) is 0 Å². The van der Waals surface area contributed by atoms with Crippen LogP contribution in [0.25, 0.3) is 0 Å². The number of carbonyl (C=O) groups is 4. The van der Waals surface area contributed by atoms with Crippen LogP contribution in [0, 0.1) is 16.2 Å². The first-order chi connectivity index (χ1) is 8.89. The number of amides is 3. The predicted octanol–water partition coefficient (Wildman–Crippen LogP) is -0.850. The van der Waals surface area contributed by atoms with Crippen LogP contribution in [0.15, 0.2) is 0 Å². The molecular weight excluding hydrogens is 252 g/mol. The summed E-state index contributed by atoms with van der Waals surface area (Å²) in [5, 5.41) is 11.5. The van der Waals surface area contributed by atoms with Gasteiger partial charge in [0.15, 0.2) is 10.8 Å². The van der Waals surface area contributed by atoms with E-state index >= 15 is 0 Å². The summed E-state index contributed by atoms with van der Waals surface area (Å²) in [5.41, 5.74) is 0.355. The SMILES string of the molecule is NC(=O)C12C(=O)NC(=O)C1(C(=O)O)C21CCCCC1. The van der Waals surface area contributed by atoms with Gasteiger partial charge in [0, 0.05) is 5.41 Å². The van der Waals surface area contributed by atoms with E-state index < -0.39 is 39.9 Å². The molecule has 1 saturated heterocycles. The van der Waals surface area contributed by atoms with Gasteiger partial charge in [-0.15, -0.1) is 0 Å². The summed E-state index contributed by atoms with van der Waals surface area (Å²) in [6, 6.07) is 0. The molecule has 3 aliphatic rings. The third-order valence-corrected chi connectivity index (χ3v) is 5.24. The molecule has 1 aliphatic heterocycles. The number of primary amides is 1. The normalized spacial score (nSPS) is 38.7. The quantitative estimate of drug-likeness (QED) is 0.443. The zero-order valence-corrected chi connectivity index (χ0v) is 10.2. The molecule has 0 bridgehead atoms. The molecule has 2 atom stereocenters. The van der Waals surface area contributed by atoms with Crippen LogP contribution in [-0.4, -0.2) is 28.8 Å². The first kappa shape index (κ1) is 12.1. The summed E-state index contributed by atoms with van der Waals surface area (Å²) in [6.45, 7) is 0. The fourth-order valence-electron chi connectivity index (χ4n) is 4.66. The van der Waals surface area contributed by atoms with E-state index in [1.807, 2.05) is 5.32 Å². The molecule has 7 nitrogen and oxygen atoms in total. The average molecular weight is 266 g/mol. The molecule has 0 aromatic rings. The Hall–Kier alpha value is -1.92. The number of rotatable bonds is 2. The summed E-state index contributed by atoms with van der Waals surface area (Å²) in [7, 11) is 0. The molecule has 1 spiro atoms. The average Bonchev–Trinajstić information content (AvgIpc) is 2.76. The molecule has 19 heavy (non-hydrogen) atoms. The number of hydrogen-bond acceptors (Lipinski definition) is 4. The minimum atomic E-state index is -1.98. The van der Waals surface area contributed by atoms with Gasteiger partial charge in [0.05, 0.1) is 0 Å². The van der Waals surface area contributed by atoms with Crippen molar-refractivity contribution in [3.8, 4) is 0 Å². The monoisotopic (exact) mass is 266 g/mol. The minimum Gasteiger partial charge on any atom is -0.480 e. The Kier molecular flexibility index (Phi) is 2.01. The number of nitrogens with one attached hydrogen (secondary N) is 1. The molecule has 7 heteroatoms. The Morgan fingerprint density at radius 2 is 1.58 bits per heavy atom. The number of carboxylic acid groups (broad SMARTS) is 1. The highest BCUT2D eigenvalue weighted by Gasteiger charge is 3.01. The molecule has 3 fully saturated rings. The van der Waals surface area contributed by atoms with Crippen molar-refractivity contribution in [3.05, 3.63) is 0 Å². The van der Waals surface area contributed by atoms with E-state index in [-0.39, 0.29) is 0 Å². The Bertz CT molecular complexity index is 496. The van der Waals surface area contributed by atoms with Crippen molar-refractivity contribution in [1.82, 2.24) is 5.32 Å².